The highest BCUT2D eigenvalue weighted by Gasteiger charge is 2.19. The van der Waals surface area contributed by atoms with Crippen LogP contribution in [-0.2, 0) is 28.6 Å². The monoisotopic (exact) mass is 1050 g/mol. The largest absolute Gasteiger partial charge is 0.462 e. The summed E-state index contributed by atoms with van der Waals surface area (Å²) in [5.41, 5.74) is 0. The molecule has 0 aromatic heterocycles. The van der Waals surface area contributed by atoms with Gasteiger partial charge in [0, 0.05) is 19.3 Å². The lowest BCUT2D eigenvalue weighted by Gasteiger charge is -2.18. The third-order valence-corrected chi connectivity index (χ3v) is 12.9. The van der Waals surface area contributed by atoms with E-state index in [1.54, 1.807) is 0 Å². The van der Waals surface area contributed by atoms with Crippen LogP contribution < -0.4 is 0 Å². The molecule has 0 aliphatic rings. The van der Waals surface area contributed by atoms with Crippen LogP contribution in [0.3, 0.4) is 0 Å². The molecule has 0 aliphatic heterocycles. The minimum atomic E-state index is -0.808. The lowest BCUT2D eigenvalue weighted by atomic mass is 10.0. The van der Waals surface area contributed by atoms with Crippen molar-refractivity contribution in [1.82, 2.24) is 0 Å². The molecule has 0 rings (SSSR count). The van der Waals surface area contributed by atoms with Crippen LogP contribution in [0.1, 0.15) is 271 Å². The molecule has 0 N–H and O–H groups in total. The first-order valence-electron chi connectivity index (χ1n) is 31.2. The van der Waals surface area contributed by atoms with E-state index in [1.807, 2.05) is 0 Å². The lowest BCUT2D eigenvalue weighted by molar-refractivity contribution is -0.167. The third-order valence-electron chi connectivity index (χ3n) is 12.9. The van der Waals surface area contributed by atoms with E-state index in [-0.39, 0.29) is 37.5 Å². The number of hydrogen-bond acceptors (Lipinski definition) is 6. The number of allylic oxidation sites excluding steroid dienone is 22. The van der Waals surface area contributed by atoms with E-state index in [1.165, 1.54) is 96.3 Å². The molecule has 0 spiro atoms. The third kappa shape index (κ3) is 60.4. The fourth-order valence-corrected chi connectivity index (χ4v) is 8.30. The highest BCUT2D eigenvalue weighted by atomic mass is 16.6. The average molecular weight is 1050 g/mol. The summed E-state index contributed by atoms with van der Waals surface area (Å²) in [5.74, 6) is -0.948. The number of esters is 3. The van der Waals surface area contributed by atoms with Gasteiger partial charge in [0.15, 0.2) is 6.10 Å². The fraction of sp³-hybridized carbons (Fsp3) is 0.643. The molecule has 0 aromatic rings. The summed E-state index contributed by atoms with van der Waals surface area (Å²) in [5, 5.41) is 0. The maximum absolute atomic E-state index is 12.9. The number of ether oxygens (including phenoxy) is 3. The maximum Gasteiger partial charge on any atom is 0.306 e. The molecule has 0 radical (unpaired) electrons. The van der Waals surface area contributed by atoms with Crippen molar-refractivity contribution in [3.8, 4) is 0 Å². The number of carbonyl (C=O) groups excluding carboxylic acids is 3. The van der Waals surface area contributed by atoms with E-state index in [9.17, 15) is 14.4 Å². The Kier molecular flexibility index (Phi) is 59.4. The normalized spacial score (nSPS) is 13.0. The highest BCUT2D eigenvalue weighted by molar-refractivity contribution is 5.71. The molecule has 6 nitrogen and oxygen atoms in total. The van der Waals surface area contributed by atoms with E-state index >= 15 is 0 Å². The molecule has 0 saturated heterocycles. The SMILES string of the molecule is CC/C=C\C/C=C\C/C=C\C/C=C\C/C=C\C/C=C\CCCCC(=O)OC(COC(=O)CCCCCCCCCCC/C=C\C/C=C\C/C=C\C/C=C\C/C=C\CC)COC(=O)CCCCCCCCCCCCCC. The molecule has 1 unspecified atom stereocenters. The van der Waals surface area contributed by atoms with Crippen LogP contribution >= 0.6 is 0 Å². The Hall–Kier alpha value is -4.45. The van der Waals surface area contributed by atoms with Gasteiger partial charge in [0.2, 0.25) is 0 Å². The van der Waals surface area contributed by atoms with Crippen LogP contribution in [0.15, 0.2) is 134 Å². The zero-order chi connectivity index (χ0) is 55.0. The minimum Gasteiger partial charge on any atom is -0.462 e. The number of hydrogen-bond donors (Lipinski definition) is 0. The summed E-state index contributed by atoms with van der Waals surface area (Å²) in [6, 6.07) is 0. The first-order chi connectivity index (χ1) is 37.5. The quantitative estimate of drug-likeness (QED) is 0.0261. The molecule has 1 atom stereocenters. The standard InChI is InChI=1S/C70H114O6/c1-4-7-10-13-16-19-22-25-27-29-31-33-34-35-36-38-39-41-43-45-48-51-54-57-60-63-69(72)75-66-67(65-74-68(71)62-59-56-53-50-47-24-21-18-15-12-9-6-3)76-70(73)64-61-58-55-52-49-46-44-42-40-37-32-30-28-26-23-20-17-14-11-8-5-2/h7-8,10-11,16-17,19-20,25-28,31-33,35-37,42,44,49,52,67H,4-6,9,12-15,18,21-24,29-30,34,38-41,43,45-48,50-51,53-66H2,1-3H3/b10-7-,11-8-,19-16-,20-17-,27-25-,28-26-,33-31-,36-35-,37-32-,44-42-,52-49-. The van der Waals surface area contributed by atoms with Crippen molar-refractivity contribution in [1.29, 1.82) is 0 Å². The summed E-state index contributed by atoms with van der Waals surface area (Å²) in [7, 11) is 0. The van der Waals surface area contributed by atoms with Crippen molar-refractivity contribution in [2.45, 2.75) is 277 Å². The summed E-state index contributed by atoms with van der Waals surface area (Å²) < 4.78 is 16.9. The van der Waals surface area contributed by atoms with Crippen molar-refractivity contribution in [2.75, 3.05) is 13.2 Å². The van der Waals surface area contributed by atoms with E-state index in [0.29, 0.717) is 19.3 Å². The van der Waals surface area contributed by atoms with Gasteiger partial charge in [0.05, 0.1) is 0 Å². The van der Waals surface area contributed by atoms with Gasteiger partial charge in [-0.2, -0.15) is 0 Å². The number of carbonyl (C=O) groups is 3. The maximum atomic E-state index is 12.9. The smallest absolute Gasteiger partial charge is 0.306 e. The van der Waals surface area contributed by atoms with E-state index < -0.39 is 6.10 Å². The Labute approximate surface area is 468 Å². The van der Waals surface area contributed by atoms with E-state index in [2.05, 4.69) is 154 Å². The average Bonchev–Trinajstić information content (AvgIpc) is 3.42. The van der Waals surface area contributed by atoms with E-state index in [0.717, 1.165) is 128 Å². The van der Waals surface area contributed by atoms with Crippen LogP contribution in [0.5, 0.6) is 0 Å². The Morgan fingerprint density at radius 3 is 0.829 bits per heavy atom. The first-order valence-corrected chi connectivity index (χ1v) is 31.2. The van der Waals surface area contributed by atoms with Crippen LogP contribution in [0.25, 0.3) is 0 Å². The van der Waals surface area contributed by atoms with Gasteiger partial charge in [-0.15, -0.1) is 0 Å². The molecule has 0 saturated carbocycles. The molecular weight excluding hydrogens is 937 g/mol. The molecule has 0 amide bonds. The minimum absolute atomic E-state index is 0.0992. The fourth-order valence-electron chi connectivity index (χ4n) is 8.30. The van der Waals surface area contributed by atoms with Gasteiger partial charge in [0.25, 0.3) is 0 Å². The second-order valence-electron chi connectivity index (χ2n) is 20.2. The molecule has 0 bridgehead atoms. The van der Waals surface area contributed by atoms with Crippen LogP contribution in [0, 0.1) is 0 Å². The zero-order valence-corrected chi connectivity index (χ0v) is 49.2. The van der Waals surface area contributed by atoms with Gasteiger partial charge < -0.3 is 14.2 Å². The van der Waals surface area contributed by atoms with Crippen LogP contribution in [0.4, 0.5) is 0 Å². The van der Waals surface area contributed by atoms with Gasteiger partial charge in [-0.05, 0) is 116 Å². The zero-order valence-electron chi connectivity index (χ0n) is 49.2. The predicted molar refractivity (Wildman–Crippen MR) is 329 cm³/mol. The molecule has 0 aromatic carbocycles. The van der Waals surface area contributed by atoms with Gasteiger partial charge in [-0.3, -0.25) is 14.4 Å². The predicted octanol–water partition coefficient (Wildman–Crippen LogP) is 21.4. The molecule has 76 heavy (non-hydrogen) atoms. The highest BCUT2D eigenvalue weighted by Crippen LogP contribution is 2.15. The Morgan fingerprint density at radius 2 is 0.513 bits per heavy atom. The number of unbranched alkanes of at least 4 members (excludes halogenated alkanes) is 22. The van der Waals surface area contributed by atoms with Gasteiger partial charge in [-0.1, -0.05) is 270 Å². The molecular formula is C70H114O6. The topological polar surface area (TPSA) is 78.9 Å². The molecule has 0 heterocycles. The summed E-state index contributed by atoms with van der Waals surface area (Å²) in [6.45, 7) is 6.37. The Bertz CT molecular complexity index is 1630. The molecule has 0 fully saturated rings. The second-order valence-corrected chi connectivity index (χ2v) is 20.2. The summed E-state index contributed by atoms with van der Waals surface area (Å²) in [6.07, 6.45) is 88.8. The van der Waals surface area contributed by atoms with Crippen LogP contribution in [0.2, 0.25) is 0 Å². The second kappa shape index (κ2) is 63.1. The summed E-state index contributed by atoms with van der Waals surface area (Å²) >= 11 is 0. The lowest BCUT2D eigenvalue weighted by Crippen LogP contribution is -2.30. The van der Waals surface area contributed by atoms with E-state index in [4.69, 9.17) is 14.2 Å². The van der Waals surface area contributed by atoms with Gasteiger partial charge >= 0.3 is 17.9 Å². The van der Waals surface area contributed by atoms with Crippen molar-refractivity contribution in [3.63, 3.8) is 0 Å². The molecule has 430 valence electrons. The van der Waals surface area contributed by atoms with Gasteiger partial charge in [-0.25, -0.2) is 0 Å². The van der Waals surface area contributed by atoms with Crippen molar-refractivity contribution in [3.05, 3.63) is 134 Å². The van der Waals surface area contributed by atoms with Crippen molar-refractivity contribution >= 4 is 17.9 Å². The molecule has 6 heteroatoms. The Morgan fingerprint density at radius 1 is 0.276 bits per heavy atom. The van der Waals surface area contributed by atoms with Gasteiger partial charge in [0.1, 0.15) is 13.2 Å². The van der Waals surface area contributed by atoms with Crippen molar-refractivity contribution < 1.29 is 28.6 Å². The number of rotatable bonds is 55. The van der Waals surface area contributed by atoms with Crippen molar-refractivity contribution in [2.24, 2.45) is 0 Å². The summed E-state index contributed by atoms with van der Waals surface area (Å²) in [4.78, 5) is 38.3. The Balaban J connectivity index is 4.42. The first kappa shape index (κ1) is 71.5. The molecule has 0 aliphatic carbocycles. The van der Waals surface area contributed by atoms with Crippen LogP contribution in [-0.4, -0.2) is 37.2 Å².